The molecular weight excluding hydrogens is 316 g/mol. The van der Waals surface area contributed by atoms with Crippen LogP contribution in [0.2, 0.25) is 0 Å². The van der Waals surface area contributed by atoms with Crippen molar-refractivity contribution in [2.24, 2.45) is 0 Å². The Morgan fingerprint density at radius 1 is 1.10 bits per heavy atom. The minimum absolute atomic E-state index is 0.861. The Hall–Kier alpha value is -1.81. The van der Waals surface area contributed by atoms with E-state index in [1.165, 1.54) is 0 Å². The second kappa shape index (κ2) is 4.94. The Labute approximate surface area is 126 Å². The molecule has 0 aliphatic carbocycles. The van der Waals surface area contributed by atoms with Gasteiger partial charge in [0, 0.05) is 10.0 Å². The van der Waals surface area contributed by atoms with Crippen molar-refractivity contribution in [3.63, 3.8) is 0 Å². The minimum Gasteiger partial charge on any atom is -0.496 e. The number of nitrogens with zero attached hydrogens (tertiary/aromatic N) is 1. The number of imidazole rings is 1. The number of hydrogen-bond acceptors (Lipinski definition) is 2. The molecule has 0 fully saturated rings. The van der Waals surface area contributed by atoms with Crippen molar-refractivity contribution in [2.45, 2.75) is 13.8 Å². The largest absolute Gasteiger partial charge is 0.496 e. The van der Waals surface area contributed by atoms with Gasteiger partial charge >= 0.3 is 0 Å². The molecule has 0 atom stereocenters. The second-order valence-electron chi connectivity index (χ2n) is 4.89. The maximum atomic E-state index is 5.37. The van der Waals surface area contributed by atoms with Gasteiger partial charge < -0.3 is 9.72 Å². The molecular formula is C16H15BrN2O. The van der Waals surface area contributed by atoms with Gasteiger partial charge in [-0.15, -0.1) is 0 Å². The molecule has 1 aromatic heterocycles. The highest BCUT2D eigenvalue weighted by atomic mass is 79.9. The summed E-state index contributed by atoms with van der Waals surface area (Å²) in [6, 6.07) is 10.2. The molecule has 3 aromatic rings. The molecule has 20 heavy (non-hydrogen) atoms. The van der Waals surface area contributed by atoms with E-state index in [-0.39, 0.29) is 0 Å². The Kier molecular flexibility index (Phi) is 3.26. The summed E-state index contributed by atoms with van der Waals surface area (Å²) >= 11 is 3.51. The van der Waals surface area contributed by atoms with E-state index in [4.69, 9.17) is 9.72 Å². The quantitative estimate of drug-likeness (QED) is 0.744. The number of rotatable bonds is 2. The third kappa shape index (κ3) is 2.20. The SMILES string of the molecule is COc1cc(-c2nc3c(C)cc(Br)cc3[nH]2)ccc1C. The van der Waals surface area contributed by atoms with Gasteiger partial charge in [-0.3, -0.25) is 0 Å². The first kappa shape index (κ1) is 13.2. The van der Waals surface area contributed by atoms with E-state index in [0.717, 1.165) is 43.8 Å². The van der Waals surface area contributed by atoms with E-state index in [0.29, 0.717) is 0 Å². The number of ether oxygens (including phenoxy) is 1. The monoisotopic (exact) mass is 330 g/mol. The van der Waals surface area contributed by atoms with Crippen LogP contribution in [0.4, 0.5) is 0 Å². The number of aromatic amines is 1. The lowest BCUT2D eigenvalue weighted by Crippen LogP contribution is -1.88. The van der Waals surface area contributed by atoms with Crippen molar-refractivity contribution in [2.75, 3.05) is 7.11 Å². The predicted molar refractivity (Wildman–Crippen MR) is 85.3 cm³/mol. The van der Waals surface area contributed by atoms with Crippen LogP contribution < -0.4 is 4.74 Å². The summed E-state index contributed by atoms with van der Waals surface area (Å²) < 4.78 is 6.43. The molecule has 0 aliphatic heterocycles. The first-order valence-electron chi connectivity index (χ1n) is 6.39. The summed E-state index contributed by atoms with van der Waals surface area (Å²) in [7, 11) is 1.69. The molecule has 3 rings (SSSR count). The summed E-state index contributed by atoms with van der Waals surface area (Å²) in [4.78, 5) is 8.06. The number of hydrogen-bond donors (Lipinski definition) is 1. The third-order valence-electron chi connectivity index (χ3n) is 3.42. The summed E-state index contributed by atoms with van der Waals surface area (Å²) in [5, 5.41) is 0. The van der Waals surface area contributed by atoms with E-state index >= 15 is 0 Å². The molecule has 0 saturated carbocycles. The van der Waals surface area contributed by atoms with Crippen LogP contribution in [0.1, 0.15) is 11.1 Å². The Morgan fingerprint density at radius 2 is 1.90 bits per heavy atom. The van der Waals surface area contributed by atoms with Gasteiger partial charge in [0.15, 0.2) is 0 Å². The molecule has 0 unspecified atom stereocenters. The van der Waals surface area contributed by atoms with Gasteiger partial charge in [0.25, 0.3) is 0 Å². The highest BCUT2D eigenvalue weighted by Gasteiger charge is 2.10. The van der Waals surface area contributed by atoms with Gasteiger partial charge in [0.1, 0.15) is 11.6 Å². The first-order chi connectivity index (χ1) is 9.58. The summed E-state index contributed by atoms with van der Waals surface area (Å²) in [6.07, 6.45) is 0. The summed E-state index contributed by atoms with van der Waals surface area (Å²) in [5.41, 5.74) is 5.33. The standard InChI is InChI=1S/C16H15BrN2O/c1-9-4-5-11(7-14(9)20-3)16-18-13-8-12(17)6-10(2)15(13)19-16/h4-8H,1-3H3,(H,18,19). The Morgan fingerprint density at radius 3 is 2.65 bits per heavy atom. The van der Waals surface area contributed by atoms with Crippen molar-refractivity contribution in [1.29, 1.82) is 0 Å². The lowest BCUT2D eigenvalue weighted by atomic mass is 10.1. The molecule has 0 amide bonds. The highest BCUT2D eigenvalue weighted by Crippen LogP contribution is 2.29. The van der Waals surface area contributed by atoms with Crippen LogP contribution in [-0.2, 0) is 0 Å². The van der Waals surface area contributed by atoms with Crippen LogP contribution in [0.15, 0.2) is 34.8 Å². The zero-order valence-electron chi connectivity index (χ0n) is 11.6. The second-order valence-corrected chi connectivity index (χ2v) is 5.80. The summed E-state index contributed by atoms with van der Waals surface area (Å²) in [5.74, 6) is 1.74. The van der Waals surface area contributed by atoms with Crippen LogP contribution >= 0.6 is 15.9 Å². The average molecular weight is 331 g/mol. The molecule has 0 spiro atoms. The topological polar surface area (TPSA) is 37.9 Å². The number of aryl methyl sites for hydroxylation is 2. The fourth-order valence-corrected chi connectivity index (χ4v) is 2.92. The zero-order valence-corrected chi connectivity index (χ0v) is 13.2. The predicted octanol–water partition coefficient (Wildman–Crippen LogP) is 4.62. The maximum Gasteiger partial charge on any atom is 0.138 e. The number of aromatic nitrogens is 2. The molecule has 0 aliphatic rings. The molecule has 1 heterocycles. The normalized spacial score (nSPS) is 11.0. The highest BCUT2D eigenvalue weighted by molar-refractivity contribution is 9.10. The van der Waals surface area contributed by atoms with Gasteiger partial charge in [-0.2, -0.15) is 0 Å². The molecule has 2 aromatic carbocycles. The van der Waals surface area contributed by atoms with Gasteiger partial charge in [-0.05, 0) is 43.2 Å². The first-order valence-corrected chi connectivity index (χ1v) is 7.18. The number of fused-ring (bicyclic) bond motifs is 1. The van der Waals surface area contributed by atoms with Crippen LogP contribution in [0.3, 0.4) is 0 Å². The molecule has 4 heteroatoms. The molecule has 0 radical (unpaired) electrons. The van der Waals surface area contributed by atoms with E-state index in [9.17, 15) is 0 Å². The molecule has 1 N–H and O–H groups in total. The van der Waals surface area contributed by atoms with Crippen LogP contribution in [0, 0.1) is 13.8 Å². The zero-order chi connectivity index (χ0) is 14.3. The van der Waals surface area contributed by atoms with Crippen LogP contribution in [0.25, 0.3) is 22.4 Å². The van der Waals surface area contributed by atoms with E-state index in [1.54, 1.807) is 7.11 Å². The number of halogens is 1. The van der Waals surface area contributed by atoms with Crippen LogP contribution in [0.5, 0.6) is 5.75 Å². The van der Waals surface area contributed by atoms with Gasteiger partial charge in [0.2, 0.25) is 0 Å². The van der Waals surface area contributed by atoms with Crippen molar-refractivity contribution < 1.29 is 4.74 Å². The lowest BCUT2D eigenvalue weighted by molar-refractivity contribution is 0.412. The molecule has 102 valence electrons. The fourth-order valence-electron chi connectivity index (χ4n) is 2.35. The van der Waals surface area contributed by atoms with Crippen molar-refractivity contribution in [3.05, 3.63) is 45.9 Å². The number of benzene rings is 2. The van der Waals surface area contributed by atoms with E-state index < -0.39 is 0 Å². The lowest BCUT2D eigenvalue weighted by Gasteiger charge is -2.05. The van der Waals surface area contributed by atoms with Crippen molar-refractivity contribution in [3.8, 4) is 17.1 Å². The van der Waals surface area contributed by atoms with E-state index in [1.807, 2.05) is 25.1 Å². The van der Waals surface area contributed by atoms with E-state index in [2.05, 4.69) is 40.0 Å². The van der Waals surface area contributed by atoms with Gasteiger partial charge in [0.05, 0.1) is 18.1 Å². The van der Waals surface area contributed by atoms with Crippen LogP contribution in [-0.4, -0.2) is 17.1 Å². The van der Waals surface area contributed by atoms with Crippen molar-refractivity contribution >= 4 is 27.0 Å². The fraction of sp³-hybridized carbons (Fsp3) is 0.188. The third-order valence-corrected chi connectivity index (χ3v) is 3.88. The van der Waals surface area contributed by atoms with Gasteiger partial charge in [-0.1, -0.05) is 28.1 Å². The maximum absolute atomic E-state index is 5.37. The Balaban J connectivity index is 2.17. The molecule has 3 nitrogen and oxygen atoms in total. The molecule has 0 bridgehead atoms. The summed E-state index contributed by atoms with van der Waals surface area (Å²) in [6.45, 7) is 4.09. The Bertz CT molecular complexity index is 793. The minimum atomic E-state index is 0.861. The van der Waals surface area contributed by atoms with Gasteiger partial charge in [-0.25, -0.2) is 4.98 Å². The number of methoxy groups -OCH3 is 1. The number of H-pyrrole nitrogens is 1. The number of nitrogens with one attached hydrogen (secondary N) is 1. The average Bonchev–Trinajstić information content (AvgIpc) is 2.83. The van der Waals surface area contributed by atoms with Crippen molar-refractivity contribution in [1.82, 2.24) is 9.97 Å². The smallest absolute Gasteiger partial charge is 0.138 e. The molecule has 0 saturated heterocycles.